The molecule has 26 heavy (non-hydrogen) atoms. The third-order valence-corrected chi connectivity index (χ3v) is 4.73. The minimum Gasteiger partial charge on any atom is -0.493 e. The van der Waals surface area contributed by atoms with E-state index in [-0.39, 0.29) is 5.91 Å². The molecule has 0 radical (unpaired) electrons. The van der Waals surface area contributed by atoms with Crippen LogP contribution < -0.4 is 15.0 Å². The highest BCUT2D eigenvalue weighted by molar-refractivity contribution is 6.06. The number of piperazine rings is 1. The van der Waals surface area contributed by atoms with E-state index in [1.165, 1.54) is 11.3 Å². The Bertz CT molecular complexity index is 768. The van der Waals surface area contributed by atoms with Crippen LogP contribution in [-0.4, -0.2) is 50.6 Å². The summed E-state index contributed by atoms with van der Waals surface area (Å²) in [6.45, 7) is 8.75. The second-order valence-corrected chi connectivity index (χ2v) is 6.67. The van der Waals surface area contributed by atoms with Crippen molar-refractivity contribution in [1.82, 2.24) is 4.90 Å². The van der Waals surface area contributed by atoms with Gasteiger partial charge in [0.05, 0.1) is 12.2 Å². The molecule has 0 bridgehead atoms. The van der Waals surface area contributed by atoms with Gasteiger partial charge in [0.1, 0.15) is 5.75 Å². The second kappa shape index (κ2) is 8.23. The molecule has 0 unspecified atom stereocenters. The van der Waals surface area contributed by atoms with Gasteiger partial charge >= 0.3 is 0 Å². The van der Waals surface area contributed by atoms with Crippen LogP contribution in [0.25, 0.3) is 0 Å². The molecule has 1 aliphatic heterocycles. The molecule has 0 saturated carbocycles. The number of hydrogen-bond donors (Lipinski definition) is 1. The summed E-state index contributed by atoms with van der Waals surface area (Å²) in [5.74, 6) is 0.457. The molecular formula is C21H27N3O2. The maximum absolute atomic E-state index is 12.6. The number of likely N-dealkylation sites (N-methyl/N-ethyl adjacent to an activating group) is 1. The molecule has 0 spiro atoms. The van der Waals surface area contributed by atoms with E-state index in [4.69, 9.17) is 4.74 Å². The van der Waals surface area contributed by atoms with Crippen LogP contribution in [0.1, 0.15) is 22.8 Å². The normalized spacial score (nSPS) is 15.0. The number of nitrogens with one attached hydrogen (secondary N) is 1. The first-order chi connectivity index (χ1) is 12.6. The third-order valence-electron chi connectivity index (χ3n) is 4.73. The van der Waals surface area contributed by atoms with Crippen LogP contribution in [0.4, 0.5) is 11.4 Å². The van der Waals surface area contributed by atoms with Crippen molar-refractivity contribution in [1.29, 1.82) is 0 Å². The lowest BCUT2D eigenvalue weighted by Gasteiger charge is -2.35. The van der Waals surface area contributed by atoms with Crippen molar-refractivity contribution in [2.24, 2.45) is 0 Å². The van der Waals surface area contributed by atoms with Crippen molar-refractivity contribution >= 4 is 17.3 Å². The number of rotatable bonds is 5. The lowest BCUT2D eigenvalue weighted by Crippen LogP contribution is -2.44. The summed E-state index contributed by atoms with van der Waals surface area (Å²) in [6, 6.07) is 13.4. The number of ether oxygens (including phenoxy) is 1. The van der Waals surface area contributed by atoms with Crippen molar-refractivity contribution in [2.45, 2.75) is 13.8 Å². The molecule has 0 aliphatic carbocycles. The van der Waals surface area contributed by atoms with Crippen LogP contribution in [0.15, 0.2) is 42.5 Å². The van der Waals surface area contributed by atoms with E-state index < -0.39 is 0 Å². The standard InChI is InChI=1S/C21H27N3O2/c1-4-26-20-8-6-5-7-18(20)21(25)22-17-9-10-19(16(2)15-17)24-13-11-23(3)12-14-24/h5-10,15H,4,11-14H2,1-3H3,(H,22,25). The summed E-state index contributed by atoms with van der Waals surface area (Å²) >= 11 is 0. The molecule has 2 aromatic rings. The van der Waals surface area contributed by atoms with Gasteiger partial charge in [-0.15, -0.1) is 0 Å². The summed E-state index contributed by atoms with van der Waals surface area (Å²) in [5.41, 5.74) is 3.77. The first kappa shape index (κ1) is 18.3. The first-order valence-electron chi connectivity index (χ1n) is 9.16. The van der Waals surface area contributed by atoms with Gasteiger partial charge < -0.3 is 19.9 Å². The van der Waals surface area contributed by atoms with Crippen molar-refractivity contribution in [3.8, 4) is 5.75 Å². The van der Waals surface area contributed by atoms with Crippen LogP contribution in [-0.2, 0) is 0 Å². The van der Waals surface area contributed by atoms with Crippen LogP contribution in [0.3, 0.4) is 0 Å². The van der Waals surface area contributed by atoms with Gasteiger partial charge in [0.25, 0.3) is 5.91 Å². The Morgan fingerprint density at radius 2 is 1.85 bits per heavy atom. The number of amides is 1. The van der Waals surface area contributed by atoms with Gasteiger partial charge in [0.2, 0.25) is 0 Å². The fraction of sp³-hybridized carbons (Fsp3) is 0.381. The topological polar surface area (TPSA) is 44.8 Å². The molecule has 5 heteroatoms. The van der Waals surface area contributed by atoms with Gasteiger partial charge in [-0.2, -0.15) is 0 Å². The highest BCUT2D eigenvalue weighted by atomic mass is 16.5. The predicted molar refractivity (Wildman–Crippen MR) is 106 cm³/mol. The summed E-state index contributed by atoms with van der Waals surface area (Å²) < 4.78 is 5.56. The minimum atomic E-state index is -0.152. The molecule has 5 nitrogen and oxygen atoms in total. The largest absolute Gasteiger partial charge is 0.493 e. The van der Waals surface area contributed by atoms with Gasteiger partial charge in [-0.3, -0.25) is 4.79 Å². The Kier molecular flexibility index (Phi) is 5.78. The fourth-order valence-corrected chi connectivity index (χ4v) is 3.27. The molecule has 1 heterocycles. The van der Waals surface area contributed by atoms with E-state index in [1.807, 2.05) is 37.3 Å². The van der Waals surface area contributed by atoms with Crippen LogP contribution in [0, 0.1) is 6.92 Å². The van der Waals surface area contributed by atoms with E-state index in [0.29, 0.717) is 17.9 Å². The lowest BCUT2D eigenvalue weighted by atomic mass is 10.1. The molecule has 0 atom stereocenters. The number of anilines is 2. The summed E-state index contributed by atoms with van der Waals surface area (Å²) in [6.07, 6.45) is 0. The number of nitrogens with zero attached hydrogens (tertiary/aromatic N) is 2. The van der Waals surface area contributed by atoms with E-state index in [9.17, 15) is 4.79 Å². The number of carbonyl (C=O) groups is 1. The number of carbonyl (C=O) groups excluding carboxylic acids is 1. The van der Waals surface area contributed by atoms with E-state index in [2.05, 4.69) is 35.2 Å². The minimum absolute atomic E-state index is 0.152. The molecule has 3 rings (SSSR count). The zero-order chi connectivity index (χ0) is 18.5. The highest BCUT2D eigenvalue weighted by Gasteiger charge is 2.17. The molecule has 1 amide bonds. The van der Waals surface area contributed by atoms with Crippen LogP contribution >= 0.6 is 0 Å². The molecule has 138 valence electrons. The summed E-state index contributed by atoms with van der Waals surface area (Å²) in [5, 5.41) is 2.99. The smallest absolute Gasteiger partial charge is 0.259 e. The molecule has 0 aromatic heterocycles. The van der Waals surface area contributed by atoms with Crippen molar-refractivity contribution in [2.75, 3.05) is 50.1 Å². The highest BCUT2D eigenvalue weighted by Crippen LogP contribution is 2.26. The predicted octanol–water partition coefficient (Wildman–Crippen LogP) is 3.40. The number of para-hydroxylation sites is 1. The van der Waals surface area contributed by atoms with Gasteiger partial charge in [-0.25, -0.2) is 0 Å². The van der Waals surface area contributed by atoms with Crippen molar-refractivity contribution in [3.63, 3.8) is 0 Å². The van der Waals surface area contributed by atoms with Gasteiger partial charge in [-0.05, 0) is 56.8 Å². The van der Waals surface area contributed by atoms with E-state index >= 15 is 0 Å². The van der Waals surface area contributed by atoms with Gasteiger partial charge in [-0.1, -0.05) is 12.1 Å². The van der Waals surface area contributed by atoms with Crippen LogP contribution in [0.2, 0.25) is 0 Å². The average Bonchev–Trinajstić information content (AvgIpc) is 2.63. The Labute approximate surface area is 155 Å². The van der Waals surface area contributed by atoms with Crippen molar-refractivity contribution in [3.05, 3.63) is 53.6 Å². The maximum atomic E-state index is 12.6. The summed E-state index contributed by atoms with van der Waals surface area (Å²) in [7, 11) is 2.16. The lowest BCUT2D eigenvalue weighted by molar-refractivity contribution is 0.102. The Balaban J connectivity index is 1.73. The zero-order valence-corrected chi connectivity index (χ0v) is 15.8. The van der Waals surface area contributed by atoms with E-state index in [0.717, 1.165) is 31.9 Å². The van der Waals surface area contributed by atoms with Gasteiger partial charge in [0, 0.05) is 37.6 Å². The molecule has 1 saturated heterocycles. The molecule has 1 fully saturated rings. The Hall–Kier alpha value is -2.53. The van der Waals surface area contributed by atoms with Crippen molar-refractivity contribution < 1.29 is 9.53 Å². The quantitative estimate of drug-likeness (QED) is 0.895. The second-order valence-electron chi connectivity index (χ2n) is 6.67. The Morgan fingerprint density at radius 1 is 1.12 bits per heavy atom. The number of aryl methyl sites for hydroxylation is 1. The molecule has 2 aromatic carbocycles. The van der Waals surface area contributed by atoms with E-state index in [1.54, 1.807) is 6.07 Å². The molecule has 1 N–H and O–H groups in total. The van der Waals surface area contributed by atoms with Gasteiger partial charge in [0.15, 0.2) is 0 Å². The maximum Gasteiger partial charge on any atom is 0.259 e. The first-order valence-corrected chi connectivity index (χ1v) is 9.16. The number of hydrogen-bond acceptors (Lipinski definition) is 4. The van der Waals surface area contributed by atoms with Crippen LogP contribution in [0.5, 0.6) is 5.75 Å². The Morgan fingerprint density at radius 3 is 2.54 bits per heavy atom. The molecular weight excluding hydrogens is 326 g/mol. The average molecular weight is 353 g/mol. The fourth-order valence-electron chi connectivity index (χ4n) is 3.27. The zero-order valence-electron chi connectivity index (χ0n) is 15.8. The molecule has 1 aliphatic rings. The third kappa shape index (κ3) is 4.17. The summed E-state index contributed by atoms with van der Waals surface area (Å²) in [4.78, 5) is 17.4. The SMILES string of the molecule is CCOc1ccccc1C(=O)Nc1ccc(N2CCN(C)CC2)c(C)c1. The monoisotopic (exact) mass is 353 g/mol. The number of benzene rings is 2.